The summed E-state index contributed by atoms with van der Waals surface area (Å²) in [5, 5.41) is 10.3. The second-order valence-corrected chi connectivity index (χ2v) is 6.55. The molecule has 0 radical (unpaired) electrons. The number of nitrogens with zero attached hydrogens (tertiary/aromatic N) is 1. The molecule has 126 valence electrons. The van der Waals surface area contributed by atoms with Gasteiger partial charge in [-0.15, -0.1) is 0 Å². The fraction of sp³-hybridized carbons (Fsp3) is 0.316. The Morgan fingerprint density at radius 3 is 2.67 bits per heavy atom. The Bertz CT molecular complexity index is 720. The lowest BCUT2D eigenvalue weighted by Crippen LogP contribution is -2.23. The summed E-state index contributed by atoms with van der Waals surface area (Å²) in [5.41, 5.74) is 2.05. The van der Waals surface area contributed by atoms with Gasteiger partial charge in [-0.05, 0) is 23.8 Å². The van der Waals surface area contributed by atoms with E-state index in [0.717, 1.165) is 12.1 Å². The minimum absolute atomic E-state index is 0.139. The number of methoxy groups -OCH3 is 1. The molecule has 0 saturated carbocycles. The van der Waals surface area contributed by atoms with Crippen LogP contribution in [0.25, 0.3) is 0 Å². The highest BCUT2D eigenvalue weighted by Gasteiger charge is 2.39. The van der Waals surface area contributed by atoms with E-state index >= 15 is 0 Å². The fourth-order valence-electron chi connectivity index (χ4n) is 3.42. The predicted octanol–water partition coefficient (Wildman–Crippen LogP) is 3.65. The Kier molecular flexibility index (Phi) is 5.07. The van der Waals surface area contributed by atoms with Crippen LogP contribution in [0, 0.1) is 5.92 Å². The molecule has 0 aromatic heterocycles. The first-order valence-corrected chi connectivity index (χ1v) is 8.29. The van der Waals surface area contributed by atoms with Crippen molar-refractivity contribution < 1.29 is 14.6 Å². The van der Waals surface area contributed by atoms with Crippen LogP contribution >= 0.6 is 11.6 Å². The van der Waals surface area contributed by atoms with Gasteiger partial charge in [0.2, 0.25) is 0 Å². The van der Waals surface area contributed by atoms with Crippen LogP contribution in [-0.2, 0) is 11.3 Å². The maximum atomic E-state index is 11.8. The lowest BCUT2D eigenvalue weighted by atomic mass is 9.88. The van der Waals surface area contributed by atoms with Gasteiger partial charge < -0.3 is 9.84 Å². The Morgan fingerprint density at radius 1 is 1.25 bits per heavy atom. The van der Waals surface area contributed by atoms with Crippen molar-refractivity contribution >= 4 is 17.6 Å². The highest BCUT2D eigenvalue weighted by molar-refractivity contribution is 6.30. The third-order valence-electron chi connectivity index (χ3n) is 4.55. The van der Waals surface area contributed by atoms with Crippen molar-refractivity contribution in [1.82, 2.24) is 4.90 Å². The van der Waals surface area contributed by atoms with Gasteiger partial charge in [0, 0.05) is 36.1 Å². The summed E-state index contributed by atoms with van der Waals surface area (Å²) in [5.74, 6) is -0.698. The topological polar surface area (TPSA) is 49.8 Å². The fourth-order valence-corrected chi connectivity index (χ4v) is 3.60. The molecule has 1 fully saturated rings. The molecule has 2 atom stereocenters. The molecule has 4 nitrogen and oxygen atoms in total. The molecule has 5 heteroatoms. The van der Waals surface area contributed by atoms with Crippen molar-refractivity contribution in [3.8, 4) is 5.75 Å². The Labute approximate surface area is 146 Å². The molecule has 3 rings (SSSR count). The number of aliphatic carboxylic acids is 1. The van der Waals surface area contributed by atoms with E-state index in [1.807, 2.05) is 24.3 Å². The van der Waals surface area contributed by atoms with E-state index in [1.165, 1.54) is 5.56 Å². The average Bonchev–Trinajstić information content (AvgIpc) is 2.99. The lowest BCUT2D eigenvalue weighted by molar-refractivity contribution is -0.141. The largest absolute Gasteiger partial charge is 0.496 e. The number of carboxylic acid groups (broad SMARTS) is 1. The number of benzene rings is 2. The third-order valence-corrected chi connectivity index (χ3v) is 4.79. The van der Waals surface area contributed by atoms with Crippen molar-refractivity contribution in [2.75, 3.05) is 20.2 Å². The first-order valence-electron chi connectivity index (χ1n) is 7.91. The number of likely N-dealkylation sites (tertiary alicyclic amines) is 1. The predicted molar refractivity (Wildman–Crippen MR) is 93.6 cm³/mol. The summed E-state index contributed by atoms with van der Waals surface area (Å²) >= 11 is 6.13. The van der Waals surface area contributed by atoms with Gasteiger partial charge in [0.25, 0.3) is 0 Å². The number of hydrogen-bond acceptors (Lipinski definition) is 3. The molecule has 1 N–H and O–H groups in total. The van der Waals surface area contributed by atoms with Crippen LogP contribution < -0.4 is 4.74 Å². The standard InChI is InChI=1S/C19H20ClNO3/c1-24-18-8-7-14(20)9-15(18)16-11-21(12-17(16)19(22)23)10-13-5-3-2-4-6-13/h2-9,16-17H,10-12H2,1H3,(H,22,23)/t16-,17+/m1/s1. The number of rotatable bonds is 5. The molecule has 0 unspecified atom stereocenters. The van der Waals surface area contributed by atoms with Gasteiger partial charge in [0.1, 0.15) is 5.75 Å². The number of carbonyl (C=O) groups is 1. The van der Waals surface area contributed by atoms with Crippen molar-refractivity contribution in [3.05, 3.63) is 64.7 Å². The maximum absolute atomic E-state index is 11.8. The number of halogens is 1. The van der Waals surface area contributed by atoms with E-state index in [2.05, 4.69) is 17.0 Å². The molecule has 2 aromatic carbocycles. The first kappa shape index (κ1) is 16.8. The minimum Gasteiger partial charge on any atom is -0.496 e. The van der Waals surface area contributed by atoms with Crippen molar-refractivity contribution in [2.24, 2.45) is 5.92 Å². The van der Waals surface area contributed by atoms with Crippen LogP contribution in [0.3, 0.4) is 0 Å². The van der Waals surface area contributed by atoms with E-state index in [9.17, 15) is 9.90 Å². The molecule has 1 aliphatic heterocycles. The second-order valence-electron chi connectivity index (χ2n) is 6.12. The van der Waals surface area contributed by atoms with Crippen molar-refractivity contribution in [1.29, 1.82) is 0 Å². The van der Waals surface area contributed by atoms with Crippen molar-refractivity contribution in [2.45, 2.75) is 12.5 Å². The number of ether oxygens (including phenoxy) is 1. The maximum Gasteiger partial charge on any atom is 0.308 e. The highest BCUT2D eigenvalue weighted by atomic mass is 35.5. The zero-order valence-electron chi connectivity index (χ0n) is 13.5. The molecule has 0 spiro atoms. The molecular formula is C19H20ClNO3. The van der Waals surface area contributed by atoms with Crippen LogP contribution in [-0.4, -0.2) is 36.2 Å². The number of carboxylic acids is 1. The zero-order valence-corrected chi connectivity index (χ0v) is 14.2. The molecule has 0 aliphatic carbocycles. The lowest BCUT2D eigenvalue weighted by Gasteiger charge is -2.19. The molecule has 1 aliphatic rings. The Balaban J connectivity index is 1.86. The molecule has 0 amide bonds. The molecule has 0 bridgehead atoms. The van der Waals surface area contributed by atoms with E-state index < -0.39 is 11.9 Å². The van der Waals surface area contributed by atoms with Crippen LogP contribution in [0.5, 0.6) is 5.75 Å². The van der Waals surface area contributed by atoms with Crippen molar-refractivity contribution in [3.63, 3.8) is 0 Å². The summed E-state index contributed by atoms with van der Waals surface area (Å²) in [7, 11) is 1.60. The average molecular weight is 346 g/mol. The smallest absolute Gasteiger partial charge is 0.308 e. The van der Waals surface area contributed by atoms with Gasteiger partial charge in [-0.25, -0.2) is 0 Å². The van der Waals surface area contributed by atoms with Gasteiger partial charge >= 0.3 is 5.97 Å². The van der Waals surface area contributed by atoms with Gasteiger partial charge in [-0.2, -0.15) is 0 Å². The van der Waals surface area contributed by atoms with Crippen LogP contribution in [0.4, 0.5) is 0 Å². The van der Waals surface area contributed by atoms with E-state index in [4.69, 9.17) is 16.3 Å². The summed E-state index contributed by atoms with van der Waals surface area (Å²) < 4.78 is 5.42. The van der Waals surface area contributed by atoms with Gasteiger partial charge in [-0.1, -0.05) is 41.9 Å². The second kappa shape index (κ2) is 7.24. The zero-order chi connectivity index (χ0) is 17.1. The first-order chi connectivity index (χ1) is 11.6. The molecule has 1 heterocycles. The van der Waals surface area contributed by atoms with Crippen LogP contribution in [0.15, 0.2) is 48.5 Å². The normalized spacial score (nSPS) is 20.9. The van der Waals surface area contributed by atoms with Gasteiger partial charge in [-0.3, -0.25) is 9.69 Å². The third kappa shape index (κ3) is 3.55. The van der Waals surface area contributed by atoms with E-state index in [0.29, 0.717) is 23.9 Å². The quantitative estimate of drug-likeness (QED) is 0.898. The molecule has 1 saturated heterocycles. The van der Waals surface area contributed by atoms with Gasteiger partial charge in [0.15, 0.2) is 0 Å². The SMILES string of the molecule is COc1ccc(Cl)cc1[C@H]1CN(Cc2ccccc2)C[C@@H]1C(=O)O. The highest BCUT2D eigenvalue weighted by Crippen LogP contribution is 2.39. The Morgan fingerprint density at radius 2 is 2.00 bits per heavy atom. The van der Waals surface area contributed by atoms with Gasteiger partial charge in [0.05, 0.1) is 13.0 Å². The summed E-state index contributed by atoms with van der Waals surface area (Å²) in [6.07, 6.45) is 0. The van der Waals surface area contributed by atoms with Crippen LogP contribution in [0.2, 0.25) is 5.02 Å². The van der Waals surface area contributed by atoms with E-state index in [-0.39, 0.29) is 5.92 Å². The monoisotopic (exact) mass is 345 g/mol. The Hall–Kier alpha value is -2.04. The minimum atomic E-state index is -0.780. The molecule has 24 heavy (non-hydrogen) atoms. The van der Waals surface area contributed by atoms with Crippen LogP contribution in [0.1, 0.15) is 17.0 Å². The summed E-state index contributed by atoms with van der Waals surface area (Å²) in [6, 6.07) is 15.5. The number of hydrogen-bond donors (Lipinski definition) is 1. The summed E-state index contributed by atoms with van der Waals surface area (Å²) in [4.78, 5) is 13.9. The van der Waals surface area contributed by atoms with E-state index in [1.54, 1.807) is 19.2 Å². The molecular weight excluding hydrogens is 326 g/mol. The molecule has 2 aromatic rings. The summed E-state index contributed by atoms with van der Waals surface area (Å²) in [6.45, 7) is 1.93.